The quantitative estimate of drug-likeness (QED) is 0.506. The molecule has 16 heavy (non-hydrogen) atoms. The average molecular weight is 346 g/mol. The maximum atomic E-state index is 13.0. The smallest absolute Gasteiger partial charge is 0.272 e. The van der Waals surface area contributed by atoms with Crippen LogP contribution in [0.5, 0.6) is 0 Å². The van der Waals surface area contributed by atoms with Crippen LogP contribution in [0.15, 0.2) is 27.8 Å². The van der Waals surface area contributed by atoms with Gasteiger partial charge >= 0.3 is 18.0 Å². The minimum absolute atomic E-state index is 0.0972. The van der Waals surface area contributed by atoms with Gasteiger partial charge in [0.15, 0.2) is 5.03 Å². The minimum atomic E-state index is -9.83. The molecule has 1 N–H and O–H groups in total. The van der Waals surface area contributed by atoms with Gasteiger partial charge in [-0.1, -0.05) is 0 Å². The Morgan fingerprint density at radius 1 is 1.25 bits per heavy atom. The van der Waals surface area contributed by atoms with Gasteiger partial charge in [0.2, 0.25) is 0 Å². The van der Waals surface area contributed by atoms with Crippen LogP contribution in [0.2, 0.25) is 0 Å². The van der Waals surface area contributed by atoms with Crippen molar-refractivity contribution < 1.29 is 28.5 Å². The zero-order valence-electron chi connectivity index (χ0n) is 7.15. The molecule has 1 aromatic heterocycles. The molecule has 1 heterocycles. The van der Waals surface area contributed by atoms with Crippen LogP contribution in [0.25, 0.3) is 0 Å². The van der Waals surface area contributed by atoms with Gasteiger partial charge in [-0.05, 0) is 28.1 Å². The van der Waals surface area contributed by atoms with Gasteiger partial charge in [-0.15, -0.1) is 15.5 Å². The fourth-order valence-electron chi connectivity index (χ4n) is 0.702. The van der Waals surface area contributed by atoms with Gasteiger partial charge < -0.3 is 0 Å². The van der Waals surface area contributed by atoms with Gasteiger partial charge in [-0.2, -0.15) is 8.42 Å². The molecule has 0 bridgehead atoms. The zero-order chi connectivity index (χ0) is 12.9. The van der Waals surface area contributed by atoms with Gasteiger partial charge in [0, 0.05) is 10.7 Å². The highest BCUT2D eigenvalue weighted by Crippen LogP contribution is 3.03. The Bertz CT molecular complexity index is 536. The number of halogens is 5. The molecule has 0 aromatic carbocycles. The van der Waals surface area contributed by atoms with E-state index in [1.165, 1.54) is 0 Å². The highest BCUT2D eigenvalue weighted by molar-refractivity contribution is 9.10. The first-order valence-electron chi connectivity index (χ1n) is 3.37. The molecule has 11 heteroatoms. The molecule has 0 radical (unpaired) electrons. The Labute approximate surface area is 95.4 Å². The Hall–Kier alpha value is -0.390. The largest absolute Gasteiger partial charge is 0.386 e. The van der Waals surface area contributed by atoms with Crippen molar-refractivity contribution in [3.8, 4) is 0 Å². The third-order valence-corrected chi connectivity index (χ3v) is 6.94. The lowest BCUT2D eigenvalue weighted by atomic mass is 10.5. The summed E-state index contributed by atoms with van der Waals surface area (Å²) >= 11 is 2.75. The molecule has 0 amide bonds. The standard InChI is InChI=1S/C5H4BrF4NO3S2/c6-4-1-2-5(11-3-4)16(7,8,9,10)15(12,13)14/h1-3H,(H,12,13,14). The Morgan fingerprint density at radius 2 is 1.75 bits per heavy atom. The number of aromatic nitrogens is 1. The molecule has 1 aromatic rings. The van der Waals surface area contributed by atoms with E-state index in [1.54, 1.807) is 0 Å². The van der Waals surface area contributed by atoms with Crippen molar-refractivity contribution in [3.63, 3.8) is 0 Å². The zero-order valence-corrected chi connectivity index (χ0v) is 10.4. The number of hydrogen-bond donors (Lipinski definition) is 1. The van der Waals surface area contributed by atoms with Crippen molar-refractivity contribution in [1.29, 1.82) is 0 Å². The van der Waals surface area contributed by atoms with E-state index in [2.05, 4.69) is 20.9 Å². The van der Waals surface area contributed by atoms with E-state index in [1.807, 2.05) is 0 Å². The predicted molar refractivity (Wildman–Crippen MR) is 53.8 cm³/mol. The summed E-state index contributed by atoms with van der Waals surface area (Å²) in [4.78, 5) is 2.63. The molecular formula is C5H4BrF4NO3S2. The molecule has 0 aliphatic rings. The first kappa shape index (κ1) is 13.7. The van der Waals surface area contributed by atoms with Gasteiger partial charge in [-0.3, -0.25) is 4.55 Å². The fraction of sp³-hybridized carbons (Fsp3) is 0. The average Bonchev–Trinajstić information content (AvgIpc) is 2.00. The maximum absolute atomic E-state index is 13.0. The summed E-state index contributed by atoms with van der Waals surface area (Å²) in [6.07, 6.45) is 0.568. The summed E-state index contributed by atoms with van der Waals surface area (Å²) in [6.45, 7) is 0. The third kappa shape index (κ3) is 1.81. The van der Waals surface area contributed by atoms with Crippen LogP contribution < -0.4 is 0 Å². The van der Waals surface area contributed by atoms with E-state index in [0.717, 1.165) is 6.07 Å². The lowest BCUT2D eigenvalue weighted by Gasteiger charge is -2.44. The number of hydrogen-bond acceptors (Lipinski definition) is 3. The second-order valence-corrected chi connectivity index (χ2v) is 10.2. The maximum Gasteiger partial charge on any atom is 0.386 e. The summed E-state index contributed by atoms with van der Waals surface area (Å²) in [5, 5.41) is -2.27. The van der Waals surface area contributed by atoms with Crippen molar-refractivity contribution in [3.05, 3.63) is 22.8 Å². The molecule has 0 aliphatic carbocycles. The summed E-state index contributed by atoms with van der Waals surface area (Å²) in [5.74, 6) is 0. The summed E-state index contributed by atoms with van der Waals surface area (Å²) < 4.78 is 80.8. The third-order valence-electron chi connectivity index (χ3n) is 1.53. The number of pyridine rings is 1. The Morgan fingerprint density at radius 3 is 2.06 bits per heavy atom. The summed E-state index contributed by atoms with van der Waals surface area (Å²) in [6, 6.07) is 0.880. The van der Waals surface area contributed by atoms with Crippen molar-refractivity contribution >= 4 is 34.0 Å². The molecular weight excluding hydrogens is 342 g/mol. The lowest BCUT2D eigenvalue weighted by Crippen LogP contribution is -2.25. The summed E-state index contributed by atoms with van der Waals surface area (Å²) in [7, 11) is -16.7. The van der Waals surface area contributed by atoms with Crippen LogP contribution in [0, 0.1) is 0 Å². The van der Waals surface area contributed by atoms with Crippen LogP contribution >= 0.6 is 24.8 Å². The van der Waals surface area contributed by atoms with E-state index in [9.17, 15) is 24.0 Å². The first-order valence-corrected chi connectivity index (χ1v) is 8.17. The van der Waals surface area contributed by atoms with E-state index < -0.39 is 23.0 Å². The fourth-order valence-corrected chi connectivity index (χ4v) is 2.68. The first-order chi connectivity index (χ1) is 6.78. The van der Waals surface area contributed by atoms with E-state index in [0.29, 0.717) is 6.20 Å². The molecule has 4 nitrogen and oxygen atoms in total. The van der Waals surface area contributed by atoms with E-state index in [4.69, 9.17) is 4.55 Å². The number of rotatable bonds is 2. The number of nitrogens with zero attached hydrogens (tertiary/aromatic N) is 1. The molecule has 94 valence electrons. The van der Waals surface area contributed by atoms with E-state index in [-0.39, 0.29) is 10.5 Å². The Kier molecular flexibility index (Phi) is 2.47. The monoisotopic (exact) mass is 345 g/mol. The second kappa shape index (κ2) is 2.89. The Balaban J connectivity index is 3.70. The topological polar surface area (TPSA) is 67.3 Å². The van der Waals surface area contributed by atoms with Gasteiger partial charge in [0.1, 0.15) is 0 Å². The molecule has 0 aliphatic heterocycles. The van der Waals surface area contributed by atoms with Crippen LogP contribution in [-0.4, -0.2) is 18.0 Å². The SMILES string of the molecule is O=S(=O)(O)S(F)(F)(F)(F)c1ccc(Br)cn1. The molecule has 0 fully saturated rings. The molecule has 0 unspecified atom stereocenters. The molecule has 1 rings (SSSR count). The van der Waals surface area contributed by atoms with Crippen molar-refractivity contribution in [1.82, 2.24) is 4.98 Å². The molecule has 0 saturated heterocycles. The molecule has 0 spiro atoms. The van der Waals surface area contributed by atoms with Crippen LogP contribution in [0.1, 0.15) is 0 Å². The second-order valence-electron chi connectivity index (χ2n) is 2.74. The van der Waals surface area contributed by atoms with Gasteiger partial charge in [0.25, 0.3) is 0 Å². The molecule has 0 atom stereocenters. The van der Waals surface area contributed by atoms with Crippen molar-refractivity contribution in [2.45, 2.75) is 5.03 Å². The highest BCUT2D eigenvalue weighted by atomic mass is 79.9. The van der Waals surface area contributed by atoms with Gasteiger partial charge in [0.05, 0.1) is 0 Å². The lowest BCUT2D eigenvalue weighted by molar-refractivity contribution is 0.428. The van der Waals surface area contributed by atoms with Crippen molar-refractivity contribution in [2.24, 2.45) is 0 Å². The van der Waals surface area contributed by atoms with Gasteiger partial charge in [-0.25, -0.2) is 4.98 Å². The van der Waals surface area contributed by atoms with E-state index >= 15 is 0 Å². The van der Waals surface area contributed by atoms with Crippen LogP contribution in [-0.2, 0) is 9.15 Å². The van der Waals surface area contributed by atoms with Crippen LogP contribution in [0.3, 0.4) is 0 Å². The minimum Gasteiger partial charge on any atom is -0.272 e. The predicted octanol–water partition coefficient (Wildman–Crippen LogP) is 3.42. The molecule has 0 saturated carbocycles. The van der Waals surface area contributed by atoms with Crippen molar-refractivity contribution in [2.75, 3.05) is 0 Å². The van der Waals surface area contributed by atoms with Crippen LogP contribution in [0.4, 0.5) is 15.5 Å². The normalized spacial score (nSPS) is 17.6. The summed E-state index contributed by atoms with van der Waals surface area (Å²) in [5.41, 5.74) is 0. The highest BCUT2D eigenvalue weighted by Gasteiger charge is 2.77.